The molecule has 21 heavy (non-hydrogen) atoms. The van der Waals surface area contributed by atoms with Crippen molar-refractivity contribution in [3.8, 4) is 0 Å². The van der Waals surface area contributed by atoms with E-state index >= 15 is 0 Å². The molecule has 0 bridgehead atoms. The van der Waals surface area contributed by atoms with Crippen molar-refractivity contribution < 1.29 is 4.74 Å². The summed E-state index contributed by atoms with van der Waals surface area (Å²) < 4.78 is 5.92. The number of hydrogen-bond acceptors (Lipinski definition) is 3. The minimum atomic E-state index is 0.353. The topological polar surface area (TPSA) is 38.5 Å². The van der Waals surface area contributed by atoms with Gasteiger partial charge in [-0.1, -0.05) is 27.2 Å². The lowest BCUT2D eigenvalue weighted by molar-refractivity contribution is -0.0976. The standard InChI is InChI=1S/C18H36N2O/c1-6-18(4,5)16-8-7-15(10-19)17(9-16)20-11-13(2)21-14(3)12-20/h13-17H,6-12,19H2,1-5H3. The van der Waals surface area contributed by atoms with Gasteiger partial charge >= 0.3 is 0 Å². The molecule has 3 nitrogen and oxygen atoms in total. The molecule has 1 aliphatic carbocycles. The molecular weight excluding hydrogens is 260 g/mol. The van der Waals surface area contributed by atoms with E-state index in [1.807, 2.05) is 0 Å². The summed E-state index contributed by atoms with van der Waals surface area (Å²) in [5, 5.41) is 0. The van der Waals surface area contributed by atoms with Crippen LogP contribution in [0.25, 0.3) is 0 Å². The normalized spacial score (nSPS) is 39.4. The maximum atomic E-state index is 6.10. The van der Waals surface area contributed by atoms with E-state index in [0.29, 0.717) is 29.6 Å². The zero-order chi connectivity index (χ0) is 15.6. The SMILES string of the molecule is CCC(C)(C)C1CCC(CN)C(N2CC(C)OC(C)C2)C1. The van der Waals surface area contributed by atoms with Crippen LogP contribution >= 0.6 is 0 Å². The van der Waals surface area contributed by atoms with E-state index < -0.39 is 0 Å². The second kappa shape index (κ2) is 6.97. The summed E-state index contributed by atoms with van der Waals surface area (Å²) in [6.07, 6.45) is 5.96. The molecule has 2 aliphatic rings. The largest absolute Gasteiger partial charge is 0.373 e. The van der Waals surface area contributed by atoms with Gasteiger partial charge < -0.3 is 10.5 Å². The van der Waals surface area contributed by atoms with Crippen molar-refractivity contribution in [2.24, 2.45) is 23.0 Å². The van der Waals surface area contributed by atoms with Crippen molar-refractivity contribution in [2.45, 2.75) is 78.6 Å². The minimum Gasteiger partial charge on any atom is -0.373 e. The predicted molar refractivity (Wildman–Crippen MR) is 89.3 cm³/mol. The van der Waals surface area contributed by atoms with Crippen LogP contribution in [0, 0.1) is 17.3 Å². The Bertz CT molecular complexity index is 321. The van der Waals surface area contributed by atoms with E-state index in [1.165, 1.54) is 25.7 Å². The molecule has 0 radical (unpaired) electrons. The van der Waals surface area contributed by atoms with Gasteiger partial charge in [0.25, 0.3) is 0 Å². The van der Waals surface area contributed by atoms with E-state index in [9.17, 15) is 0 Å². The summed E-state index contributed by atoms with van der Waals surface area (Å²) in [5.74, 6) is 1.51. The molecule has 0 amide bonds. The first-order valence-corrected chi connectivity index (χ1v) is 8.97. The maximum absolute atomic E-state index is 6.10. The number of ether oxygens (including phenoxy) is 1. The number of rotatable bonds is 4. The van der Waals surface area contributed by atoms with Gasteiger partial charge in [-0.3, -0.25) is 4.90 Å². The first-order valence-electron chi connectivity index (χ1n) is 8.97. The average Bonchev–Trinajstić information content (AvgIpc) is 2.45. The Hall–Kier alpha value is -0.120. The van der Waals surface area contributed by atoms with Gasteiger partial charge in [0, 0.05) is 19.1 Å². The Morgan fingerprint density at radius 2 is 1.76 bits per heavy atom. The second-order valence-electron chi connectivity index (χ2n) is 8.13. The van der Waals surface area contributed by atoms with Crippen LogP contribution in [-0.2, 0) is 4.74 Å². The highest BCUT2D eigenvalue weighted by molar-refractivity contribution is 4.93. The molecule has 0 aromatic rings. The van der Waals surface area contributed by atoms with Crippen LogP contribution in [0.2, 0.25) is 0 Å². The Morgan fingerprint density at radius 3 is 2.29 bits per heavy atom. The number of nitrogens with two attached hydrogens (primary N) is 1. The van der Waals surface area contributed by atoms with Crippen LogP contribution < -0.4 is 5.73 Å². The van der Waals surface area contributed by atoms with Crippen molar-refractivity contribution in [1.29, 1.82) is 0 Å². The average molecular weight is 296 g/mol. The molecule has 1 saturated carbocycles. The first kappa shape index (κ1) is 17.2. The van der Waals surface area contributed by atoms with Crippen LogP contribution in [0.1, 0.15) is 60.3 Å². The Kier molecular flexibility index (Phi) is 5.72. The molecule has 1 heterocycles. The molecule has 2 rings (SSSR count). The molecule has 0 aromatic heterocycles. The van der Waals surface area contributed by atoms with Gasteiger partial charge in [-0.15, -0.1) is 0 Å². The summed E-state index contributed by atoms with van der Waals surface area (Å²) in [7, 11) is 0. The molecular formula is C18H36N2O. The molecule has 124 valence electrons. The van der Waals surface area contributed by atoms with Crippen molar-refractivity contribution in [2.75, 3.05) is 19.6 Å². The van der Waals surface area contributed by atoms with E-state index in [1.54, 1.807) is 0 Å². The van der Waals surface area contributed by atoms with E-state index in [-0.39, 0.29) is 0 Å². The zero-order valence-corrected chi connectivity index (χ0v) is 14.8. The first-order chi connectivity index (χ1) is 9.87. The van der Waals surface area contributed by atoms with Crippen LogP contribution in [0.4, 0.5) is 0 Å². The fourth-order valence-electron chi connectivity index (χ4n) is 4.42. The Balaban J connectivity index is 2.09. The molecule has 2 fully saturated rings. The molecule has 1 aliphatic heterocycles. The fraction of sp³-hybridized carbons (Fsp3) is 1.00. The minimum absolute atomic E-state index is 0.353. The third-order valence-electron chi connectivity index (χ3n) is 6.19. The molecule has 0 aromatic carbocycles. The summed E-state index contributed by atoms with van der Waals surface area (Å²) in [6, 6.07) is 0.661. The Morgan fingerprint density at radius 1 is 1.14 bits per heavy atom. The van der Waals surface area contributed by atoms with Gasteiger partial charge in [0.15, 0.2) is 0 Å². The maximum Gasteiger partial charge on any atom is 0.0678 e. The Labute approximate surface area is 131 Å². The van der Waals surface area contributed by atoms with E-state index in [0.717, 1.165) is 25.6 Å². The highest BCUT2D eigenvalue weighted by Gasteiger charge is 2.40. The molecule has 5 atom stereocenters. The van der Waals surface area contributed by atoms with E-state index in [2.05, 4.69) is 39.5 Å². The van der Waals surface area contributed by atoms with Crippen LogP contribution in [0.5, 0.6) is 0 Å². The monoisotopic (exact) mass is 296 g/mol. The van der Waals surface area contributed by atoms with Crippen molar-refractivity contribution in [3.63, 3.8) is 0 Å². The van der Waals surface area contributed by atoms with Crippen LogP contribution in [0.3, 0.4) is 0 Å². The molecule has 1 saturated heterocycles. The fourth-order valence-corrected chi connectivity index (χ4v) is 4.42. The molecule has 0 spiro atoms. The third kappa shape index (κ3) is 4.00. The van der Waals surface area contributed by atoms with Gasteiger partial charge in [0.05, 0.1) is 12.2 Å². The zero-order valence-electron chi connectivity index (χ0n) is 14.8. The lowest BCUT2D eigenvalue weighted by Crippen LogP contribution is -2.55. The quantitative estimate of drug-likeness (QED) is 0.865. The third-order valence-corrected chi connectivity index (χ3v) is 6.19. The summed E-state index contributed by atoms with van der Waals surface area (Å²) in [6.45, 7) is 14.6. The van der Waals surface area contributed by atoms with Gasteiger partial charge in [-0.05, 0) is 56.9 Å². The highest BCUT2D eigenvalue weighted by Crippen LogP contribution is 2.43. The molecule has 3 heteroatoms. The molecule has 5 unspecified atom stereocenters. The lowest BCUT2D eigenvalue weighted by atomic mass is 9.65. The van der Waals surface area contributed by atoms with Crippen LogP contribution in [0.15, 0.2) is 0 Å². The highest BCUT2D eigenvalue weighted by atomic mass is 16.5. The van der Waals surface area contributed by atoms with Crippen molar-refractivity contribution in [1.82, 2.24) is 4.90 Å². The molecule has 2 N–H and O–H groups in total. The summed E-state index contributed by atoms with van der Waals surface area (Å²) in [4.78, 5) is 2.69. The van der Waals surface area contributed by atoms with Gasteiger partial charge in [0.2, 0.25) is 0 Å². The number of hydrogen-bond donors (Lipinski definition) is 1. The summed E-state index contributed by atoms with van der Waals surface area (Å²) in [5.41, 5.74) is 6.56. The number of morpholine rings is 1. The smallest absolute Gasteiger partial charge is 0.0678 e. The second-order valence-corrected chi connectivity index (χ2v) is 8.13. The predicted octanol–water partition coefficient (Wildman–Crippen LogP) is 3.28. The van der Waals surface area contributed by atoms with Gasteiger partial charge in [-0.25, -0.2) is 0 Å². The van der Waals surface area contributed by atoms with E-state index in [4.69, 9.17) is 10.5 Å². The van der Waals surface area contributed by atoms with Gasteiger partial charge in [-0.2, -0.15) is 0 Å². The van der Waals surface area contributed by atoms with Crippen LogP contribution in [-0.4, -0.2) is 42.8 Å². The number of nitrogens with zero attached hydrogens (tertiary/aromatic N) is 1. The van der Waals surface area contributed by atoms with Gasteiger partial charge in [0.1, 0.15) is 0 Å². The van der Waals surface area contributed by atoms with Crippen molar-refractivity contribution in [3.05, 3.63) is 0 Å². The van der Waals surface area contributed by atoms with Crippen molar-refractivity contribution >= 4 is 0 Å². The summed E-state index contributed by atoms with van der Waals surface area (Å²) >= 11 is 0. The lowest BCUT2D eigenvalue weighted by Gasteiger charge is -2.49.